The van der Waals surface area contributed by atoms with Crippen LogP contribution < -0.4 is 5.32 Å². The van der Waals surface area contributed by atoms with Crippen molar-refractivity contribution in [1.29, 1.82) is 0 Å². The van der Waals surface area contributed by atoms with Crippen LogP contribution in [0.1, 0.15) is 40.0 Å². The molecule has 1 atom stereocenters. The number of halogens is 1. The number of rotatable bonds is 5. The number of carbonyl (C=O) groups excluding carboxylic acids is 2. The number of ether oxygens (including phenoxy) is 2. The summed E-state index contributed by atoms with van der Waals surface area (Å²) >= 11 is 5.43. The summed E-state index contributed by atoms with van der Waals surface area (Å²) in [7, 11) is 0. The Balaban J connectivity index is 2.58. The number of amides is 1. The highest BCUT2D eigenvalue weighted by atomic mass is 35.5. The molecule has 6 nitrogen and oxygen atoms in total. The highest BCUT2D eigenvalue weighted by Gasteiger charge is 2.27. The second-order valence-corrected chi connectivity index (χ2v) is 6.35. The second kappa shape index (κ2) is 8.44. The molecule has 0 radical (unpaired) electrons. The van der Waals surface area contributed by atoms with E-state index in [-0.39, 0.29) is 6.07 Å². The lowest BCUT2D eigenvalue weighted by Crippen LogP contribution is -2.51. The van der Waals surface area contributed by atoms with Crippen molar-refractivity contribution in [3.8, 4) is 0 Å². The lowest BCUT2D eigenvalue weighted by Gasteiger charge is -2.30. The van der Waals surface area contributed by atoms with E-state index in [4.69, 9.17) is 21.1 Å². The van der Waals surface area contributed by atoms with Crippen LogP contribution in [-0.4, -0.2) is 54.3 Å². The van der Waals surface area contributed by atoms with Crippen molar-refractivity contribution in [3.63, 3.8) is 0 Å². The van der Waals surface area contributed by atoms with Gasteiger partial charge >= 0.3 is 12.1 Å². The van der Waals surface area contributed by atoms with Gasteiger partial charge in [0.05, 0.1) is 0 Å². The molecule has 122 valence electrons. The smallest absolute Gasteiger partial charge is 0.408 e. The van der Waals surface area contributed by atoms with E-state index in [1.807, 2.05) is 0 Å². The first-order valence-corrected chi connectivity index (χ1v) is 7.80. The highest BCUT2D eigenvalue weighted by molar-refractivity contribution is 6.17. The monoisotopic (exact) mass is 320 g/mol. The van der Waals surface area contributed by atoms with E-state index in [0.29, 0.717) is 6.54 Å². The molecule has 1 aliphatic rings. The third kappa shape index (κ3) is 7.52. The van der Waals surface area contributed by atoms with E-state index in [1.165, 1.54) is 6.42 Å². The number of hydrogen-bond donors (Lipinski definition) is 1. The van der Waals surface area contributed by atoms with E-state index >= 15 is 0 Å². The minimum absolute atomic E-state index is 0.231. The molecular formula is C14H25ClN2O4. The molecule has 1 amide bonds. The molecule has 1 fully saturated rings. The van der Waals surface area contributed by atoms with Crippen LogP contribution in [0.25, 0.3) is 0 Å². The van der Waals surface area contributed by atoms with E-state index in [2.05, 4.69) is 10.2 Å². The number of likely N-dealkylation sites (tertiary alicyclic amines) is 1. The molecule has 0 aliphatic carbocycles. The average Bonchev–Trinajstić information content (AvgIpc) is 2.37. The van der Waals surface area contributed by atoms with Gasteiger partial charge in [-0.3, -0.25) is 0 Å². The molecule has 1 N–H and O–H groups in total. The first-order valence-electron chi connectivity index (χ1n) is 7.26. The van der Waals surface area contributed by atoms with Gasteiger partial charge in [-0.2, -0.15) is 0 Å². The molecule has 0 aromatic carbocycles. The Hall–Kier alpha value is -1.01. The molecule has 0 saturated carbocycles. The van der Waals surface area contributed by atoms with Gasteiger partial charge in [0.15, 0.2) is 6.07 Å². The van der Waals surface area contributed by atoms with Crippen molar-refractivity contribution in [3.05, 3.63) is 0 Å². The van der Waals surface area contributed by atoms with Gasteiger partial charge in [0.1, 0.15) is 11.6 Å². The van der Waals surface area contributed by atoms with Gasteiger partial charge in [-0.25, -0.2) is 9.59 Å². The van der Waals surface area contributed by atoms with Crippen LogP contribution in [0.15, 0.2) is 0 Å². The maximum absolute atomic E-state index is 11.9. The van der Waals surface area contributed by atoms with Gasteiger partial charge in [-0.05, 0) is 46.7 Å². The summed E-state index contributed by atoms with van der Waals surface area (Å²) in [6, 6.07) is -0.998. The lowest BCUT2D eigenvalue weighted by molar-refractivity contribution is -0.144. The van der Waals surface area contributed by atoms with Crippen molar-refractivity contribution in [2.45, 2.75) is 51.7 Å². The maximum Gasteiger partial charge on any atom is 0.408 e. The molecule has 1 aliphatic heterocycles. The highest BCUT2D eigenvalue weighted by Crippen LogP contribution is 2.11. The minimum atomic E-state index is -0.767. The molecule has 0 aromatic heterocycles. The first kappa shape index (κ1) is 18.0. The zero-order valence-electron chi connectivity index (χ0n) is 13.0. The van der Waals surface area contributed by atoms with Gasteiger partial charge in [0, 0.05) is 6.54 Å². The Morgan fingerprint density at radius 3 is 2.38 bits per heavy atom. The molecule has 1 heterocycles. The number of alkyl halides is 1. The Labute approximate surface area is 131 Å². The number of carbonyl (C=O) groups is 2. The van der Waals surface area contributed by atoms with E-state index < -0.39 is 23.7 Å². The van der Waals surface area contributed by atoms with Crippen molar-refractivity contribution in [1.82, 2.24) is 10.2 Å². The van der Waals surface area contributed by atoms with E-state index in [9.17, 15) is 9.59 Å². The van der Waals surface area contributed by atoms with E-state index in [0.717, 1.165) is 25.9 Å². The summed E-state index contributed by atoms with van der Waals surface area (Å²) in [6.45, 7) is 7.55. The number of piperidine rings is 1. The molecule has 0 aromatic rings. The molecule has 7 heteroatoms. The van der Waals surface area contributed by atoms with Crippen LogP contribution in [0.4, 0.5) is 4.79 Å². The number of nitrogens with one attached hydrogen (secondary N) is 1. The zero-order chi connectivity index (χ0) is 15.9. The van der Waals surface area contributed by atoms with Crippen molar-refractivity contribution in [2.24, 2.45) is 0 Å². The van der Waals surface area contributed by atoms with Gasteiger partial charge in [0.2, 0.25) is 0 Å². The molecule has 1 unspecified atom stereocenters. The third-order valence-corrected chi connectivity index (χ3v) is 3.17. The largest absolute Gasteiger partial charge is 0.448 e. The third-order valence-electron chi connectivity index (χ3n) is 3.06. The number of alkyl carbamates (subject to hydrolysis) is 1. The Morgan fingerprint density at radius 1 is 1.24 bits per heavy atom. The summed E-state index contributed by atoms with van der Waals surface area (Å²) < 4.78 is 9.98. The Morgan fingerprint density at radius 2 is 1.86 bits per heavy atom. The van der Waals surface area contributed by atoms with E-state index in [1.54, 1.807) is 20.8 Å². The fourth-order valence-electron chi connectivity index (χ4n) is 2.18. The van der Waals surface area contributed by atoms with Crippen LogP contribution in [0.2, 0.25) is 0 Å². The molecule has 0 spiro atoms. The quantitative estimate of drug-likeness (QED) is 0.620. The number of esters is 1. The first-order chi connectivity index (χ1) is 9.81. The Kier molecular flexibility index (Phi) is 7.25. The minimum Gasteiger partial charge on any atom is -0.448 e. The molecule has 1 saturated heterocycles. The average molecular weight is 321 g/mol. The number of hydrogen-bond acceptors (Lipinski definition) is 5. The zero-order valence-corrected chi connectivity index (χ0v) is 13.7. The lowest BCUT2D eigenvalue weighted by atomic mass is 10.1. The topological polar surface area (TPSA) is 67.9 Å². The van der Waals surface area contributed by atoms with Crippen LogP contribution in [0.3, 0.4) is 0 Å². The molecule has 1 rings (SSSR count). The fourth-order valence-corrected chi connectivity index (χ4v) is 2.29. The molecule has 21 heavy (non-hydrogen) atoms. The van der Waals surface area contributed by atoms with Crippen molar-refractivity contribution >= 4 is 23.7 Å². The summed E-state index contributed by atoms with van der Waals surface area (Å²) in [5.41, 5.74) is -0.615. The normalized spacial score (nSPS) is 17.9. The van der Waals surface area contributed by atoms with Gasteiger partial charge in [0.25, 0.3) is 0 Å². The molecule has 0 bridgehead atoms. The second-order valence-electron chi connectivity index (χ2n) is 6.13. The summed E-state index contributed by atoms with van der Waals surface area (Å²) in [6.07, 6.45) is 2.77. The summed E-state index contributed by atoms with van der Waals surface area (Å²) in [4.78, 5) is 25.9. The number of nitrogens with zero attached hydrogens (tertiary/aromatic N) is 1. The van der Waals surface area contributed by atoms with Crippen molar-refractivity contribution < 1.29 is 19.1 Å². The maximum atomic E-state index is 11.9. The standard InChI is InChI=1S/C14H25ClN2O4/c1-14(2,3)21-13(19)16-11(12(18)20-10-15)9-17-7-5-4-6-8-17/h11H,4-10H2,1-3H3,(H,16,19). The summed E-state index contributed by atoms with van der Waals surface area (Å²) in [5.74, 6) is -0.540. The van der Waals surface area contributed by atoms with Crippen LogP contribution >= 0.6 is 11.6 Å². The van der Waals surface area contributed by atoms with Crippen LogP contribution in [0, 0.1) is 0 Å². The fraction of sp³-hybridized carbons (Fsp3) is 0.857. The predicted octanol–water partition coefficient (Wildman–Crippen LogP) is 2.11. The Bertz CT molecular complexity index is 351. The van der Waals surface area contributed by atoms with Crippen LogP contribution in [-0.2, 0) is 14.3 Å². The SMILES string of the molecule is CC(C)(C)OC(=O)NC(CN1CCCCC1)C(=O)OCCl. The van der Waals surface area contributed by atoms with Crippen molar-refractivity contribution in [2.75, 3.05) is 25.7 Å². The van der Waals surface area contributed by atoms with Gasteiger partial charge in [-0.15, -0.1) is 0 Å². The predicted molar refractivity (Wildman–Crippen MR) is 80.3 cm³/mol. The molecular weight excluding hydrogens is 296 g/mol. The van der Waals surface area contributed by atoms with Gasteiger partial charge in [-0.1, -0.05) is 18.0 Å². The van der Waals surface area contributed by atoms with Gasteiger partial charge < -0.3 is 19.7 Å². The van der Waals surface area contributed by atoms with Crippen LogP contribution in [0.5, 0.6) is 0 Å². The summed E-state index contributed by atoms with van der Waals surface area (Å²) in [5, 5.41) is 2.57.